The Hall–Kier alpha value is -3.53. The van der Waals surface area contributed by atoms with E-state index in [0.29, 0.717) is 5.56 Å². The van der Waals surface area contributed by atoms with Gasteiger partial charge in [0, 0.05) is 25.5 Å². The van der Waals surface area contributed by atoms with Crippen LogP contribution in [-0.4, -0.2) is 25.2 Å². The topological polar surface area (TPSA) is 61.4 Å². The van der Waals surface area contributed by atoms with E-state index in [4.69, 9.17) is 0 Å². The second kappa shape index (κ2) is 6.65. The molecule has 0 bridgehead atoms. The van der Waals surface area contributed by atoms with Crippen molar-refractivity contribution in [3.63, 3.8) is 0 Å². The Balaban J connectivity index is 2.17. The fourth-order valence-electron chi connectivity index (χ4n) is 3.62. The summed E-state index contributed by atoms with van der Waals surface area (Å²) in [6, 6.07) is 21.7. The van der Waals surface area contributed by atoms with E-state index < -0.39 is 5.97 Å². The maximum absolute atomic E-state index is 11.8. The molecule has 4 nitrogen and oxygen atoms in total. The van der Waals surface area contributed by atoms with Crippen LogP contribution in [0.15, 0.2) is 66.7 Å². The molecule has 0 aliphatic heterocycles. The van der Waals surface area contributed by atoms with E-state index in [1.54, 1.807) is 12.1 Å². The minimum absolute atomic E-state index is 0.307. The molecule has 4 aromatic carbocycles. The molecule has 134 valence electrons. The summed E-state index contributed by atoms with van der Waals surface area (Å²) >= 11 is 0. The van der Waals surface area contributed by atoms with Crippen LogP contribution in [0.3, 0.4) is 0 Å². The zero-order valence-corrected chi connectivity index (χ0v) is 15.2. The number of nitrogens with one attached hydrogen (secondary N) is 2. The third-order valence-corrected chi connectivity index (χ3v) is 4.96. The lowest BCUT2D eigenvalue weighted by Crippen LogP contribution is -2.00. The number of rotatable bonds is 4. The number of carbonyl (C=O) groups is 1. The summed E-state index contributed by atoms with van der Waals surface area (Å²) in [4.78, 5) is 11.8. The highest BCUT2D eigenvalue weighted by atomic mass is 16.4. The Bertz CT molecular complexity index is 1120. The SMILES string of the molecule is CNc1ccc2c(-c3ccccc3C(=O)O)c3ccc(NC)cc3cc2c1. The Kier molecular flexibility index (Phi) is 4.16. The maximum atomic E-state index is 11.8. The summed E-state index contributed by atoms with van der Waals surface area (Å²) in [6.45, 7) is 0. The molecule has 0 spiro atoms. The number of fused-ring (bicyclic) bond motifs is 2. The van der Waals surface area contributed by atoms with Gasteiger partial charge in [-0.15, -0.1) is 0 Å². The number of carboxylic acids is 1. The van der Waals surface area contributed by atoms with Crippen LogP contribution in [0.1, 0.15) is 10.4 Å². The normalized spacial score (nSPS) is 10.9. The Morgan fingerprint density at radius 3 is 1.85 bits per heavy atom. The number of benzene rings is 4. The van der Waals surface area contributed by atoms with Gasteiger partial charge >= 0.3 is 5.97 Å². The highest BCUT2D eigenvalue weighted by Gasteiger charge is 2.17. The minimum atomic E-state index is -0.922. The first kappa shape index (κ1) is 16.9. The van der Waals surface area contributed by atoms with Crippen molar-refractivity contribution in [2.75, 3.05) is 24.7 Å². The third kappa shape index (κ3) is 2.85. The standard InChI is InChI=1S/C23H20N2O2/c1-24-16-7-9-18-14(12-16)11-15-13-17(25-2)8-10-19(15)22(18)20-5-3-4-6-21(20)23(26)27/h3-13,24-25H,1-2H3,(H,26,27). The largest absolute Gasteiger partial charge is 0.478 e. The quantitative estimate of drug-likeness (QED) is 0.426. The highest BCUT2D eigenvalue weighted by Crippen LogP contribution is 2.39. The molecule has 0 amide bonds. The van der Waals surface area contributed by atoms with Crippen LogP contribution in [0.2, 0.25) is 0 Å². The minimum Gasteiger partial charge on any atom is -0.478 e. The van der Waals surface area contributed by atoms with Gasteiger partial charge in [-0.25, -0.2) is 4.79 Å². The Morgan fingerprint density at radius 2 is 1.33 bits per heavy atom. The molecular formula is C23H20N2O2. The van der Waals surface area contributed by atoms with Gasteiger partial charge in [0.15, 0.2) is 0 Å². The van der Waals surface area contributed by atoms with Gasteiger partial charge in [-0.3, -0.25) is 0 Å². The average Bonchev–Trinajstić information content (AvgIpc) is 2.71. The first-order chi connectivity index (χ1) is 13.1. The molecule has 4 aromatic rings. The predicted molar refractivity (Wildman–Crippen MR) is 113 cm³/mol. The van der Waals surface area contributed by atoms with Crippen LogP contribution in [0.5, 0.6) is 0 Å². The van der Waals surface area contributed by atoms with Crippen molar-refractivity contribution in [2.45, 2.75) is 0 Å². The van der Waals surface area contributed by atoms with Crippen LogP contribution in [0, 0.1) is 0 Å². The molecule has 3 N–H and O–H groups in total. The van der Waals surface area contributed by atoms with Crippen molar-refractivity contribution >= 4 is 38.9 Å². The summed E-state index contributed by atoms with van der Waals surface area (Å²) in [5.41, 5.74) is 4.02. The van der Waals surface area contributed by atoms with Gasteiger partial charge in [0.05, 0.1) is 5.56 Å². The van der Waals surface area contributed by atoms with Crippen LogP contribution >= 0.6 is 0 Å². The van der Waals surface area contributed by atoms with Crippen LogP contribution in [-0.2, 0) is 0 Å². The molecule has 0 aromatic heterocycles. The molecule has 0 atom stereocenters. The highest BCUT2D eigenvalue weighted by molar-refractivity contribution is 6.16. The number of carboxylic acid groups (broad SMARTS) is 1. The predicted octanol–water partition coefficient (Wildman–Crippen LogP) is 5.44. The van der Waals surface area contributed by atoms with E-state index in [2.05, 4.69) is 41.0 Å². The van der Waals surface area contributed by atoms with Crippen molar-refractivity contribution in [3.8, 4) is 11.1 Å². The number of hydrogen-bond acceptors (Lipinski definition) is 3. The monoisotopic (exact) mass is 356 g/mol. The number of aromatic carboxylic acids is 1. The molecule has 4 heteroatoms. The lowest BCUT2D eigenvalue weighted by molar-refractivity contribution is 0.0698. The first-order valence-corrected chi connectivity index (χ1v) is 8.81. The van der Waals surface area contributed by atoms with Gasteiger partial charge in [-0.05, 0) is 69.1 Å². The lowest BCUT2D eigenvalue weighted by atomic mass is 9.89. The van der Waals surface area contributed by atoms with Gasteiger partial charge in [-0.2, -0.15) is 0 Å². The van der Waals surface area contributed by atoms with Crippen LogP contribution in [0.4, 0.5) is 11.4 Å². The molecule has 0 aliphatic carbocycles. The number of anilines is 2. The second-order valence-electron chi connectivity index (χ2n) is 6.47. The molecule has 0 saturated carbocycles. The summed E-state index contributed by atoms with van der Waals surface area (Å²) in [5.74, 6) is -0.922. The van der Waals surface area contributed by atoms with Gasteiger partial charge in [0.1, 0.15) is 0 Å². The average molecular weight is 356 g/mol. The molecule has 0 fully saturated rings. The van der Waals surface area contributed by atoms with Gasteiger partial charge in [-0.1, -0.05) is 30.3 Å². The van der Waals surface area contributed by atoms with E-state index in [-0.39, 0.29) is 0 Å². The summed E-state index contributed by atoms with van der Waals surface area (Å²) in [7, 11) is 3.78. The van der Waals surface area contributed by atoms with Crippen LogP contribution < -0.4 is 10.6 Å². The van der Waals surface area contributed by atoms with E-state index >= 15 is 0 Å². The Morgan fingerprint density at radius 1 is 0.778 bits per heavy atom. The lowest BCUT2D eigenvalue weighted by Gasteiger charge is -2.15. The number of hydrogen-bond donors (Lipinski definition) is 3. The van der Waals surface area contributed by atoms with E-state index in [1.165, 1.54) is 0 Å². The van der Waals surface area contributed by atoms with E-state index in [0.717, 1.165) is 44.0 Å². The Labute approximate surface area is 157 Å². The van der Waals surface area contributed by atoms with Crippen molar-refractivity contribution in [2.24, 2.45) is 0 Å². The second-order valence-corrected chi connectivity index (χ2v) is 6.47. The molecule has 0 radical (unpaired) electrons. The summed E-state index contributed by atoms with van der Waals surface area (Å²) < 4.78 is 0. The van der Waals surface area contributed by atoms with Crippen molar-refractivity contribution in [1.82, 2.24) is 0 Å². The van der Waals surface area contributed by atoms with Crippen molar-refractivity contribution < 1.29 is 9.90 Å². The maximum Gasteiger partial charge on any atom is 0.336 e. The molecule has 4 rings (SSSR count). The van der Waals surface area contributed by atoms with Gasteiger partial charge in [0.25, 0.3) is 0 Å². The van der Waals surface area contributed by atoms with Crippen molar-refractivity contribution in [1.29, 1.82) is 0 Å². The molecule has 0 heterocycles. The summed E-state index contributed by atoms with van der Waals surface area (Å²) in [5, 5.41) is 20.3. The zero-order chi connectivity index (χ0) is 19.0. The van der Waals surface area contributed by atoms with Gasteiger partial charge < -0.3 is 15.7 Å². The molecule has 27 heavy (non-hydrogen) atoms. The molecule has 0 saturated heterocycles. The fraction of sp³-hybridized carbons (Fsp3) is 0.0870. The first-order valence-electron chi connectivity index (χ1n) is 8.81. The van der Waals surface area contributed by atoms with Crippen molar-refractivity contribution in [3.05, 3.63) is 72.3 Å². The smallest absolute Gasteiger partial charge is 0.336 e. The molecule has 0 unspecified atom stereocenters. The molecule has 0 aliphatic rings. The van der Waals surface area contributed by atoms with Gasteiger partial charge in [0.2, 0.25) is 0 Å². The van der Waals surface area contributed by atoms with E-state index in [1.807, 2.05) is 38.4 Å². The van der Waals surface area contributed by atoms with E-state index in [9.17, 15) is 9.90 Å². The molecular weight excluding hydrogens is 336 g/mol. The fourth-order valence-corrected chi connectivity index (χ4v) is 3.62. The summed E-state index contributed by atoms with van der Waals surface area (Å²) in [6.07, 6.45) is 0. The zero-order valence-electron chi connectivity index (χ0n) is 15.2. The third-order valence-electron chi connectivity index (χ3n) is 4.96. The van der Waals surface area contributed by atoms with Crippen LogP contribution in [0.25, 0.3) is 32.7 Å².